The Balaban J connectivity index is 2.89. The molecule has 13 heavy (non-hydrogen) atoms. The smallest absolute Gasteiger partial charge is 0.154 e. The van der Waals surface area contributed by atoms with Crippen molar-refractivity contribution in [3.05, 3.63) is 36.1 Å². The minimum absolute atomic E-state index is 0.0389. The SMILES string of the molecule is Nc1ccc2ccc(O)cc2c1F. The first-order chi connectivity index (χ1) is 6.18. The van der Waals surface area contributed by atoms with Gasteiger partial charge in [-0.3, -0.25) is 0 Å². The molecule has 0 fully saturated rings. The number of rotatable bonds is 0. The number of benzene rings is 2. The van der Waals surface area contributed by atoms with Crippen LogP contribution in [0.2, 0.25) is 0 Å². The molecule has 0 atom stereocenters. The van der Waals surface area contributed by atoms with E-state index in [-0.39, 0.29) is 11.4 Å². The van der Waals surface area contributed by atoms with E-state index in [1.54, 1.807) is 12.1 Å². The van der Waals surface area contributed by atoms with Crippen molar-refractivity contribution in [1.29, 1.82) is 0 Å². The predicted molar refractivity (Wildman–Crippen MR) is 50.0 cm³/mol. The highest BCUT2D eigenvalue weighted by molar-refractivity contribution is 5.87. The van der Waals surface area contributed by atoms with E-state index >= 15 is 0 Å². The number of phenols is 1. The number of halogens is 1. The molecule has 0 aliphatic heterocycles. The van der Waals surface area contributed by atoms with Gasteiger partial charge in [0.2, 0.25) is 0 Å². The van der Waals surface area contributed by atoms with E-state index in [1.807, 2.05) is 0 Å². The van der Waals surface area contributed by atoms with Crippen LogP contribution < -0.4 is 5.73 Å². The minimum atomic E-state index is -0.478. The van der Waals surface area contributed by atoms with Crippen molar-refractivity contribution in [3.8, 4) is 5.75 Å². The van der Waals surface area contributed by atoms with Crippen molar-refractivity contribution < 1.29 is 9.50 Å². The Labute approximate surface area is 74.4 Å². The zero-order valence-corrected chi connectivity index (χ0v) is 6.79. The van der Waals surface area contributed by atoms with Gasteiger partial charge in [0.05, 0.1) is 5.69 Å². The number of phenolic OH excluding ortho intramolecular Hbond substituents is 1. The summed E-state index contributed by atoms with van der Waals surface area (Å²) in [7, 11) is 0. The highest BCUT2D eigenvalue weighted by Gasteiger charge is 2.04. The second-order valence-corrected chi connectivity index (χ2v) is 2.87. The second kappa shape index (κ2) is 2.62. The molecule has 0 saturated carbocycles. The summed E-state index contributed by atoms with van der Waals surface area (Å²) in [5.41, 5.74) is 5.47. The Bertz CT molecular complexity index is 462. The molecule has 0 heterocycles. The average Bonchev–Trinajstić information content (AvgIpc) is 2.12. The van der Waals surface area contributed by atoms with E-state index in [0.717, 1.165) is 5.39 Å². The van der Waals surface area contributed by atoms with E-state index in [1.165, 1.54) is 18.2 Å². The molecule has 0 unspecified atom stereocenters. The Morgan fingerprint density at radius 1 is 1.15 bits per heavy atom. The number of nitrogens with two attached hydrogens (primary N) is 1. The quantitative estimate of drug-likeness (QED) is 0.606. The van der Waals surface area contributed by atoms with Crippen molar-refractivity contribution in [3.63, 3.8) is 0 Å². The molecule has 66 valence electrons. The van der Waals surface area contributed by atoms with E-state index in [4.69, 9.17) is 10.8 Å². The van der Waals surface area contributed by atoms with Gasteiger partial charge in [-0.05, 0) is 23.6 Å². The van der Waals surface area contributed by atoms with E-state index in [9.17, 15) is 4.39 Å². The first-order valence-corrected chi connectivity index (χ1v) is 3.85. The number of fused-ring (bicyclic) bond motifs is 1. The molecule has 2 aromatic rings. The van der Waals surface area contributed by atoms with Crippen LogP contribution in [0.3, 0.4) is 0 Å². The van der Waals surface area contributed by atoms with E-state index in [0.29, 0.717) is 5.39 Å². The number of aromatic hydroxyl groups is 1. The Morgan fingerprint density at radius 3 is 2.62 bits per heavy atom. The third-order valence-electron chi connectivity index (χ3n) is 1.97. The molecule has 0 bridgehead atoms. The van der Waals surface area contributed by atoms with Crippen molar-refractivity contribution >= 4 is 16.5 Å². The summed E-state index contributed by atoms with van der Waals surface area (Å²) >= 11 is 0. The van der Waals surface area contributed by atoms with Crippen LogP contribution in [0.5, 0.6) is 5.75 Å². The highest BCUT2D eigenvalue weighted by atomic mass is 19.1. The van der Waals surface area contributed by atoms with Gasteiger partial charge in [-0.25, -0.2) is 4.39 Å². The fourth-order valence-electron chi connectivity index (χ4n) is 1.29. The summed E-state index contributed by atoms with van der Waals surface area (Å²) in [6.45, 7) is 0. The van der Waals surface area contributed by atoms with Crippen molar-refractivity contribution in [1.82, 2.24) is 0 Å². The van der Waals surface area contributed by atoms with Gasteiger partial charge in [0.15, 0.2) is 5.82 Å². The van der Waals surface area contributed by atoms with Gasteiger partial charge >= 0.3 is 0 Å². The minimum Gasteiger partial charge on any atom is -0.508 e. The third kappa shape index (κ3) is 1.18. The van der Waals surface area contributed by atoms with Gasteiger partial charge in [0.25, 0.3) is 0 Å². The lowest BCUT2D eigenvalue weighted by molar-refractivity contribution is 0.476. The molecule has 0 aliphatic carbocycles. The lowest BCUT2D eigenvalue weighted by Gasteiger charge is -2.02. The summed E-state index contributed by atoms with van der Waals surface area (Å²) in [6, 6.07) is 7.74. The van der Waals surface area contributed by atoms with Gasteiger partial charge < -0.3 is 10.8 Å². The van der Waals surface area contributed by atoms with Gasteiger partial charge in [-0.2, -0.15) is 0 Å². The van der Waals surface area contributed by atoms with Crippen LogP contribution in [0, 0.1) is 5.82 Å². The summed E-state index contributed by atoms with van der Waals surface area (Å²) in [6.07, 6.45) is 0. The average molecular weight is 177 g/mol. The van der Waals surface area contributed by atoms with Crippen molar-refractivity contribution in [2.75, 3.05) is 5.73 Å². The van der Waals surface area contributed by atoms with Crippen LogP contribution in [0.4, 0.5) is 10.1 Å². The molecule has 0 radical (unpaired) electrons. The zero-order chi connectivity index (χ0) is 9.42. The van der Waals surface area contributed by atoms with Gasteiger partial charge in [0, 0.05) is 5.39 Å². The first-order valence-electron chi connectivity index (χ1n) is 3.85. The molecule has 3 N–H and O–H groups in total. The molecule has 0 aromatic heterocycles. The Hall–Kier alpha value is -1.77. The van der Waals surface area contributed by atoms with Crippen LogP contribution in [-0.4, -0.2) is 5.11 Å². The molecule has 2 rings (SSSR count). The van der Waals surface area contributed by atoms with Gasteiger partial charge in [-0.15, -0.1) is 0 Å². The lowest BCUT2D eigenvalue weighted by Crippen LogP contribution is -1.90. The topological polar surface area (TPSA) is 46.2 Å². The fourth-order valence-corrected chi connectivity index (χ4v) is 1.29. The maximum Gasteiger partial charge on any atom is 0.154 e. The van der Waals surface area contributed by atoms with Gasteiger partial charge in [-0.1, -0.05) is 12.1 Å². The number of anilines is 1. The summed E-state index contributed by atoms with van der Waals surface area (Å²) in [5, 5.41) is 10.2. The summed E-state index contributed by atoms with van der Waals surface area (Å²) in [4.78, 5) is 0. The maximum absolute atomic E-state index is 13.3. The second-order valence-electron chi connectivity index (χ2n) is 2.87. The summed E-state index contributed by atoms with van der Waals surface area (Å²) in [5.74, 6) is -0.439. The molecule has 3 heteroatoms. The lowest BCUT2D eigenvalue weighted by atomic mass is 10.1. The molecular formula is C10H8FNO. The van der Waals surface area contributed by atoms with Crippen LogP contribution in [0.15, 0.2) is 30.3 Å². The number of nitrogen functional groups attached to an aromatic ring is 1. The highest BCUT2D eigenvalue weighted by Crippen LogP contribution is 2.25. The Kier molecular flexibility index (Phi) is 1.59. The number of hydrogen-bond donors (Lipinski definition) is 2. The van der Waals surface area contributed by atoms with Crippen LogP contribution in [0.25, 0.3) is 10.8 Å². The van der Waals surface area contributed by atoms with Crippen molar-refractivity contribution in [2.24, 2.45) is 0 Å². The molecule has 2 aromatic carbocycles. The van der Waals surface area contributed by atoms with Crippen molar-refractivity contribution in [2.45, 2.75) is 0 Å². The van der Waals surface area contributed by atoms with Crippen LogP contribution in [0.1, 0.15) is 0 Å². The zero-order valence-electron chi connectivity index (χ0n) is 6.79. The molecule has 0 spiro atoms. The van der Waals surface area contributed by atoms with E-state index < -0.39 is 5.82 Å². The predicted octanol–water partition coefficient (Wildman–Crippen LogP) is 2.27. The van der Waals surface area contributed by atoms with Crippen LogP contribution >= 0.6 is 0 Å². The molecular weight excluding hydrogens is 169 g/mol. The normalized spacial score (nSPS) is 10.5. The molecule has 0 amide bonds. The maximum atomic E-state index is 13.3. The van der Waals surface area contributed by atoms with Crippen LogP contribution in [-0.2, 0) is 0 Å². The number of hydrogen-bond acceptors (Lipinski definition) is 2. The molecule has 0 aliphatic rings. The molecule has 2 nitrogen and oxygen atoms in total. The standard InChI is InChI=1S/C10H8FNO/c11-10-8-5-7(13)3-1-6(8)2-4-9(10)12/h1-5,13H,12H2. The first kappa shape index (κ1) is 7.86. The van der Waals surface area contributed by atoms with Gasteiger partial charge in [0.1, 0.15) is 5.75 Å². The summed E-state index contributed by atoms with van der Waals surface area (Å²) < 4.78 is 13.3. The monoisotopic (exact) mass is 177 g/mol. The van der Waals surface area contributed by atoms with E-state index in [2.05, 4.69) is 0 Å². The Morgan fingerprint density at radius 2 is 1.85 bits per heavy atom. The molecule has 0 saturated heterocycles. The largest absolute Gasteiger partial charge is 0.508 e. The fraction of sp³-hybridized carbons (Fsp3) is 0. The third-order valence-corrected chi connectivity index (χ3v) is 1.97.